The predicted molar refractivity (Wildman–Crippen MR) is 73.8 cm³/mol. The number of ketones is 1. The summed E-state index contributed by atoms with van der Waals surface area (Å²) in [6.45, 7) is 5.58. The Balaban J connectivity index is 2.33. The number of benzene rings is 1. The molecule has 1 aromatic carbocycles. The monoisotopic (exact) mass is 242 g/mol. The third-order valence-corrected chi connectivity index (χ3v) is 3.08. The van der Waals surface area contributed by atoms with Crippen molar-refractivity contribution >= 4 is 16.6 Å². The summed E-state index contributed by atoms with van der Waals surface area (Å²) in [6.07, 6.45) is 3.47. The molecule has 2 rings (SSSR count). The molecule has 0 saturated heterocycles. The van der Waals surface area contributed by atoms with Gasteiger partial charge in [0.1, 0.15) is 0 Å². The highest BCUT2D eigenvalue weighted by molar-refractivity contribution is 6.08. The summed E-state index contributed by atoms with van der Waals surface area (Å²) in [5.74, 6) is 0.123. The van der Waals surface area contributed by atoms with Gasteiger partial charge >= 0.3 is 0 Å². The minimum atomic E-state index is -0.0300. The molecular weight excluding hydrogens is 224 g/mol. The molecule has 0 spiro atoms. The topological polar surface area (TPSA) is 42.0 Å². The standard InChI is InChI=1S/C15H18N2O/c1-3-16-8-11(2)15(18)14-10-17-9-12-6-4-5-7-13(12)14/h4-7,9-11,16H,3,8H2,1-2H3. The third-order valence-electron chi connectivity index (χ3n) is 3.08. The molecule has 1 aromatic heterocycles. The largest absolute Gasteiger partial charge is 0.316 e. The lowest BCUT2D eigenvalue weighted by atomic mass is 9.96. The van der Waals surface area contributed by atoms with E-state index < -0.39 is 0 Å². The highest BCUT2D eigenvalue weighted by Crippen LogP contribution is 2.19. The zero-order chi connectivity index (χ0) is 13.0. The van der Waals surface area contributed by atoms with Crippen molar-refractivity contribution in [1.82, 2.24) is 10.3 Å². The molecule has 1 atom stereocenters. The van der Waals surface area contributed by atoms with E-state index in [1.165, 1.54) is 0 Å². The lowest BCUT2D eigenvalue weighted by Crippen LogP contribution is -2.26. The summed E-state index contributed by atoms with van der Waals surface area (Å²) >= 11 is 0. The molecule has 1 N–H and O–H groups in total. The Hall–Kier alpha value is -1.74. The third kappa shape index (κ3) is 2.57. The molecule has 18 heavy (non-hydrogen) atoms. The zero-order valence-electron chi connectivity index (χ0n) is 10.8. The van der Waals surface area contributed by atoms with Gasteiger partial charge in [-0.05, 0) is 11.9 Å². The van der Waals surface area contributed by atoms with Crippen LogP contribution in [0.25, 0.3) is 10.8 Å². The van der Waals surface area contributed by atoms with E-state index in [1.807, 2.05) is 38.1 Å². The first-order chi connectivity index (χ1) is 8.74. The van der Waals surface area contributed by atoms with Crippen LogP contribution in [0.3, 0.4) is 0 Å². The minimum absolute atomic E-state index is 0.0300. The van der Waals surface area contributed by atoms with Crippen LogP contribution in [-0.2, 0) is 0 Å². The fraction of sp³-hybridized carbons (Fsp3) is 0.333. The second kappa shape index (κ2) is 5.74. The number of carbonyl (C=O) groups is 1. The maximum absolute atomic E-state index is 12.4. The smallest absolute Gasteiger partial charge is 0.169 e. The average molecular weight is 242 g/mol. The first-order valence-electron chi connectivity index (χ1n) is 6.31. The molecule has 0 aliphatic carbocycles. The lowest BCUT2D eigenvalue weighted by Gasteiger charge is -2.12. The Morgan fingerprint density at radius 1 is 1.33 bits per heavy atom. The van der Waals surface area contributed by atoms with Gasteiger partial charge in [-0.3, -0.25) is 9.78 Å². The summed E-state index contributed by atoms with van der Waals surface area (Å²) in [4.78, 5) is 16.5. The highest BCUT2D eigenvalue weighted by Gasteiger charge is 2.17. The highest BCUT2D eigenvalue weighted by atomic mass is 16.1. The lowest BCUT2D eigenvalue weighted by molar-refractivity contribution is 0.0930. The number of hydrogen-bond donors (Lipinski definition) is 1. The van der Waals surface area contributed by atoms with Gasteiger partial charge in [0.05, 0.1) is 0 Å². The number of Topliss-reactive ketones (excluding diaryl/α,β-unsaturated/α-hetero) is 1. The Morgan fingerprint density at radius 3 is 2.89 bits per heavy atom. The van der Waals surface area contributed by atoms with Crippen LogP contribution in [0.2, 0.25) is 0 Å². The summed E-state index contributed by atoms with van der Waals surface area (Å²) < 4.78 is 0. The first kappa shape index (κ1) is 12.7. The Bertz CT molecular complexity index is 546. The van der Waals surface area contributed by atoms with E-state index in [0.29, 0.717) is 6.54 Å². The number of carbonyl (C=O) groups excluding carboxylic acids is 1. The van der Waals surface area contributed by atoms with Gasteiger partial charge < -0.3 is 5.32 Å². The van der Waals surface area contributed by atoms with E-state index >= 15 is 0 Å². The Labute approximate surface area is 107 Å². The van der Waals surface area contributed by atoms with Crippen molar-refractivity contribution in [2.75, 3.05) is 13.1 Å². The van der Waals surface area contributed by atoms with Crippen LogP contribution in [0, 0.1) is 5.92 Å². The molecule has 3 heteroatoms. The molecule has 1 heterocycles. The summed E-state index contributed by atoms with van der Waals surface area (Å²) in [5, 5.41) is 5.21. The van der Waals surface area contributed by atoms with Crippen LogP contribution < -0.4 is 5.32 Å². The summed E-state index contributed by atoms with van der Waals surface area (Å²) in [5.41, 5.74) is 0.721. The van der Waals surface area contributed by atoms with Crippen LogP contribution in [0.15, 0.2) is 36.7 Å². The van der Waals surface area contributed by atoms with Crippen LogP contribution in [0.1, 0.15) is 24.2 Å². The Morgan fingerprint density at radius 2 is 2.11 bits per heavy atom. The van der Waals surface area contributed by atoms with Crippen molar-refractivity contribution in [2.24, 2.45) is 5.92 Å². The molecule has 0 saturated carbocycles. The van der Waals surface area contributed by atoms with E-state index in [-0.39, 0.29) is 11.7 Å². The zero-order valence-corrected chi connectivity index (χ0v) is 10.8. The van der Waals surface area contributed by atoms with Crippen LogP contribution in [0.4, 0.5) is 0 Å². The molecule has 94 valence electrons. The molecule has 3 nitrogen and oxygen atoms in total. The van der Waals surface area contributed by atoms with Crippen molar-refractivity contribution in [1.29, 1.82) is 0 Å². The van der Waals surface area contributed by atoms with Crippen molar-refractivity contribution in [3.05, 3.63) is 42.2 Å². The van der Waals surface area contributed by atoms with Crippen molar-refractivity contribution < 1.29 is 4.79 Å². The second-order valence-electron chi connectivity index (χ2n) is 4.48. The number of aromatic nitrogens is 1. The Kier molecular flexibility index (Phi) is 4.05. The fourth-order valence-electron chi connectivity index (χ4n) is 2.03. The van der Waals surface area contributed by atoms with Gasteiger partial charge in [-0.25, -0.2) is 0 Å². The maximum Gasteiger partial charge on any atom is 0.169 e. The van der Waals surface area contributed by atoms with Gasteiger partial charge in [0.2, 0.25) is 0 Å². The molecule has 2 aromatic rings. The van der Waals surface area contributed by atoms with E-state index in [0.717, 1.165) is 22.9 Å². The maximum atomic E-state index is 12.4. The second-order valence-corrected chi connectivity index (χ2v) is 4.48. The van der Waals surface area contributed by atoms with Crippen molar-refractivity contribution in [3.63, 3.8) is 0 Å². The fourth-order valence-corrected chi connectivity index (χ4v) is 2.03. The van der Waals surface area contributed by atoms with E-state index in [9.17, 15) is 4.79 Å². The predicted octanol–water partition coefficient (Wildman–Crippen LogP) is 2.66. The van der Waals surface area contributed by atoms with Crippen molar-refractivity contribution in [3.8, 4) is 0 Å². The molecular formula is C15H18N2O. The molecule has 0 amide bonds. The van der Waals surface area contributed by atoms with Gasteiger partial charge in [-0.1, -0.05) is 38.1 Å². The molecule has 0 aliphatic rings. The summed E-state index contributed by atoms with van der Waals surface area (Å²) in [6, 6.07) is 7.87. The van der Waals surface area contributed by atoms with Gasteiger partial charge in [-0.15, -0.1) is 0 Å². The number of rotatable bonds is 5. The van der Waals surface area contributed by atoms with Gasteiger partial charge in [0.15, 0.2) is 5.78 Å². The van der Waals surface area contributed by atoms with Crippen molar-refractivity contribution in [2.45, 2.75) is 13.8 Å². The van der Waals surface area contributed by atoms with Gasteiger partial charge in [0.25, 0.3) is 0 Å². The van der Waals surface area contributed by atoms with Gasteiger partial charge in [-0.2, -0.15) is 0 Å². The summed E-state index contributed by atoms with van der Waals surface area (Å²) in [7, 11) is 0. The number of nitrogens with one attached hydrogen (secondary N) is 1. The minimum Gasteiger partial charge on any atom is -0.316 e. The molecule has 0 bridgehead atoms. The molecule has 0 fully saturated rings. The number of fused-ring (bicyclic) bond motifs is 1. The van der Waals surface area contributed by atoms with E-state index in [2.05, 4.69) is 10.3 Å². The van der Waals surface area contributed by atoms with Crippen LogP contribution in [0.5, 0.6) is 0 Å². The van der Waals surface area contributed by atoms with Crippen LogP contribution in [-0.4, -0.2) is 23.9 Å². The van der Waals surface area contributed by atoms with Crippen LogP contribution >= 0.6 is 0 Å². The molecule has 0 aliphatic heterocycles. The number of pyridine rings is 1. The van der Waals surface area contributed by atoms with E-state index in [4.69, 9.17) is 0 Å². The molecule has 0 radical (unpaired) electrons. The average Bonchev–Trinajstić information content (AvgIpc) is 2.43. The quantitative estimate of drug-likeness (QED) is 0.820. The van der Waals surface area contributed by atoms with Gasteiger partial charge in [0, 0.05) is 35.8 Å². The van der Waals surface area contributed by atoms with E-state index in [1.54, 1.807) is 12.4 Å². The molecule has 1 unspecified atom stereocenters. The number of nitrogens with zero attached hydrogens (tertiary/aromatic N) is 1. The normalized spacial score (nSPS) is 12.6. The SMILES string of the molecule is CCNCC(C)C(=O)c1cncc2ccccc12. The first-order valence-corrected chi connectivity index (χ1v) is 6.31. The number of hydrogen-bond acceptors (Lipinski definition) is 3.